The first kappa shape index (κ1) is 4.30. The van der Waals surface area contributed by atoms with E-state index in [0.717, 1.165) is 0 Å². The van der Waals surface area contributed by atoms with Crippen molar-refractivity contribution in [3.05, 3.63) is 24.3 Å². The summed E-state index contributed by atoms with van der Waals surface area (Å²) in [6, 6.07) is 0. The molecule has 0 saturated carbocycles. The number of rotatable bonds is 0. The highest BCUT2D eigenvalue weighted by Gasteiger charge is 2.52. The molecule has 8 heavy (non-hydrogen) atoms. The predicted molar refractivity (Wildman–Crippen MR) is 28.1 cm³/mol. The highest BCUT2D eigenvalue weighted by molar-refractivity contribution is 5.26. The van der Waals surface area contributed by atoms with Crippen LogP contribution >= 0.6 is 0 Å². The van der Waals surface area contributed by atoms with Gasteiger partial charge in [0.05, 0.1) is 0 Å². The van der Waals surface area contributed by atoms with E-state index in [2.05, 4.69) is 0 Å². The zero-order valence-corrected chi connectivity index (χ0v) is 4.24. The fourth-order valence-corrected chi connectivity index (χ4v) is 0.839. The lowest BCUT2D eigenvalue weighted by Gasteiger charge is -1.95. The molecule has 42 valence electrons. The summed E-state index contributed by atoms with van der Waals surface area (Å²) in [7, 11) is 0. The van der Waals surface area contributed by atoms with Gasteiger partial charge in [-0.1, -0.05) is 18.2 Å². The maximum atomic E-state index is 9.09. The molecule has 1 aliphatic heterocycles. The third-order valence-electron chi connectivity index (χ3n) is 1.40. The van der Waals surface area contributed by atoms with E-state index in [0.29, 0.717) is 0 Å². The van der Waals surface area contributed by atoms with Crippen molar-refractivity contribution in [2.75, 3.05) is 0 Å². The molecule has 2 atom stereocenters. The second-order valence-electron chi connectivity index (χ2n) is 2.03. The third-order valence-corrected chi connectivity index (χ3v) is 1.40. The van der Waals surface area contributed by atoms with E-state index in [1.54, 1.807) is 12.2 Å². The Morgan fingerprint density at radius 1 is 1.50 bits per heavy atom. The van der Waals surface area contributed by atoms with Crippen molar-refractivity contribution >= 4 is 0 Å². The molecule has 1 N–H and O–H groups in total. The molecule has 2 unspecified atom stereocenters. The van der Waals surface area contributed by atoms with Crippen LogP contribution in [0.2, 0.25) is 0 Å². The summed E-state index contributed by atoms with van der Waals surface area (Å²) in [5.41, 5.74) is 0. The van der Waals surface area contributed by atoms with Crippen molar-refractivity contribution in [1.29, 1.82) is 0 Å². The SMILES string of the molecule is OC12C=CC=CC1O2. The lowest BCUT2D eigenvalue weighted by molar-refractivity contribution is 0.0826. The van der Waals surface area contributed by atoms with E-state index in [-0.39, 0.29) is 6.10 Å². The molecule has 2 aliphatic rings. The molecule has 0 amide bonds. The van der Waals surface area contributed by atoms with Gasteiger partial charge in [-0.2, -0.15) is 0 Å². The van der Waals surface area contributed by atoms with Gasteiger partial charge in [-0.05, 0) is 6.08 Å². The van der Waals surface area contributed by atoms with Gasteiger partial charge in [0.1, 0.15) is 6.10 Å². The van der Waals surface area contributed by atoms with Crippen molar-refractivity contribution in [1.82, 2.24) is 0 Å². The number of hydrogen-bond donors (Lipinski definition) is 1. The highest BCUT2D eigenvalue weighted by atomic mass is 16.7. The van der Waals surface area contributed by atoms with Gasteiger partial charge < -0.3 is 9.84 Å². The number of aliphatic hydroxyl groups is 1. The van der Waals surface area contributed by atoms with Crippen LogP contribution in [0.5, 0.6) is 0 Å². The topological polar surface area (TPSA) is 32.8 Å². The number of allylic oxidation sites excluding steroid dienone is 2. The molecule has 1 heterocycles. The Labute approximate surface area is 47.1 Å². The molecule has 2 nitrogen and oxygen atoms in total. The van der Waals surface area contributed by atoms with E-state index in [9.17, 15) is 0 Å². The maximum absolute atomic E-state index is 9.09. The van der Waals surface area contributed by atoms with Crippen molar-refractivity contribution in [2.24, 2.45) is 0 Å². The molecule has 0 spiro atoms. The van der Waals surface area contributed by atoms with Crippen LogP contribution in [0.4, 0.5) is 0 Å². The van der Waals surface area contributed by atoms with Gasteiger partial charge in [-0.15, -0.1) is 0 Å². The molecule has 0 aromatic carbocycles. The first-order valence-electron chi connectivity index (χ1n) is 2.57. The quantitative estimate of drug-likeness (QED) is 0.452. The zero-order chi connectivity index (χ0) is 5.61. The normalized spacial score (nSPS) is 48.9. The van der Waals surface area contributed by atoms with Gasteiger partial charge in [0.25, 0.3) is 0 Å². The number of hydrogen-bond acceptors (Lipinski definition) is 2. The summed E-state index contributed by atoms with van der Waals surface area (Å²) < 4.78 is 4.85. The van der Waals surface area contributed by atoms with Crippen molar-refractivity contribution in [3.63, 3.8) is 0 Å². The van der Waals surface area contributed by atoms with Gasteiger partial charge in [-0.3, -0.25) is 0 Å². The van der Waals surface area contributed by atoms with Crippen LogP contribution in [0, 0.1) is 0 Å². The Hall–Kier alpha value is -0.600. The Morgan fingerprint density at radius 2 is 2.38 bits per heavy atom. The molecular formula is C6H6O2. The van der Waals surface area contributed by atoms with E-state index in [1.807, 2.05) is 12.2 Å². The summed E-state index contributed by atoms with van der Waals surface area (Å²) in [5, 5.41) is 9.09. The van der Waals surface area contributed by atoms with Crippen LogP contribution in [0.1, 0.15) is 0 Å². The third kappa shape index (κ3) is 0.389. The number of epoxide rings is 1. The van der Waals surface area contributed by atoms with Crippen LogP contribution in [0.25, 0.3) is 0 Å². The molecule has 1 aliphatic carbocycles. The molecule has 0 aromatic heterocycles. The molecule has 1 fully saturated rings. The minimum Gasteiger partial charge on any atom is -0.360 e. The summed E-state index contributed by atoms with van der Waals surface area (Å²) in [5.74, 6) is -0.922. The molecule has 0 aromatic rings. The lowest BCUT2D eigenvalue weighted by atomic mass is 10.1. The van der Waals surface area contributed by atoms with Crippen molar-refractivity contribution in [2.45, 2.75) is 11.9 Å². The van der Waals surface area contributed by atoms with Gasteiger partial charge in [0.15, 0.2) is 0 Å². The second-order valence-corrected chi connectivity index (χ2v) is 2.03. The smallest absolute Gasteiger partial charge is 0.217 e. The van der Waals surface area contributed by atoms with E-state index >= 15 is 0 Å². The Balaban J connectivity index is 2.33. The Bertz CT molecular complexity index is 171. The zero-order valence-electron chi connectivity index (χ0n) is 4.24. The summed E-state index contributed by atoms with van der Waals surface area (Å²) >= 11 is 0. The highest BCUT2D eigenvalue weighted by Crippen LogP contribution is 2.37. The number of ether oxygens (including phenoxy) is 1. The van der Waals surface area contributed by atoms with Crippen LogP contribution < -0.4 is 0 Å². The van der Waals surface area contributed by atoms with Crippen LogP contribution in [0.3, 0.4) is 0 Å². The Kier molecular flexibility index (Phi) is 0.558. The van der Waals surface area contributed by atoms with E-state index in [4.69, 9.17) is 9.84 Å². The molecule has 2 rings (SSSR count). The van der Waals surface area contributed by atoms with Crippen molar-refractivity contribution in [3.8, 4) is 0 Å². The summed E-state index contributed by atoms with van der Waals surface area (Å²) in [6.07, 6.45) is 7.07. The van der Waals surface area contributed by atoms with Crippen LogP contribution in [0.15, 0.2) is 24.3 Å². The average molecular weight is 110 g/mol. The van der Waals surface area contributed by atoms with Gasteiger partial charge in [-0.25, -0.2) is 0 Å². The second kappa shape index (κ2) is 1.04. The monoisotopic (exact) mass is 110 g/mol. The fraction of sp³-hybridized carbons (Fsp3) is 0.333. The van der Waals surface area contributed by atoms with Crippen molar-refractivity contribution < 1.29 is 9.84 Å². The molecule has 0 bridgehead atoms. The molecular weight excluding hydrogens is 104 g/mol. The number of fused-ring (bicyclic) bond motifs is 1. The predicted octanol–water partition coefficient (Wildman–Crippen LogP) is 0.200. The maximum Gasteiger partial charge on any atom is 0.217 e. The molecule has 1 saturated heterocycles. The van der Waals surface area contributed by atoms with Gasteiger partial charge >= 0.3 is 0 Å². The molecule has 0 radical (unpaired) electrons. The Morgan fingerprint density at radius 3 is 2.88 bits per heavy atom. The standard InChI is InChI=1S/C6H6O2/c7-6-4-2-1-3-5(6)8-6/h1-5,7H. The minimum atomic E-state index is -0.922. The average Bonchev–Trinajstić information content (AvgIpc) is 2.39. The van der Waals surface area contributed by atoms with E-state index < -0.39 is 5.79 Å². The van der Waals surface area contributed by atoms with Crippen LogP contribution in [-0.4, -0.2) is 17.0 Å². The first-order chi connectivity index (χ1) is 3.81. The fourth-order valence-electron chi connectivity index (χ4n) is 0.839. The van der Waals surface area contributed by atoms with Gasteiger partial charge in [0, 0.05) is 0 Å². The van der Waals surface area contributed by atoms with Crippen LogP contribution in [-0.2, 0) is 4.74 Å². The summed E-state index contributed by atoms with van der Waals surface area (Å²) in [6.45, 7) is 0. The van der Waals surface area contributed by atoms with E-state index in [1.165, 1.54) is 0 Å². The summed E-state index contributed by atoms with van der Waals surface area (Å²) in [4.78, 5) is 0. The molecule has 2 heteroatoms. The lowest BCUT2D eigenvalue weighted by Crippen LogP contribution is -2.09. The minimum absolute atomic E-state index is 0.0625. The first-order valence-corrected chi connectivity index (χ1v) is 2.57. The van der Waals surface area contributed by atoms with Gasteiger partial charge in [0.2, 0.25) is 5.79 Å². The largest absolute Gasteiger partial charge is 0.360 e.